The zero-order valence-electron chi connectivity index (χ0n) is 15.0. The molecule has 1 N–H and O–H groups in total. The van der Waals surface area contributed by atoms with Crippen molar-refractivity contribution in [3.63, 3.8) is 0 Å². The third kappa shape index (κ3) is 3.88. The maximum Gasteiger partial charge on any atom is 0.294 e. The van der Waals surface area contributed by atoms with Gasteiger partial charge in [-0.05, 0) is 63.7 Å². The van der Waals surface area contributed by atoms with Gasteiger partial charge in [0, 0.05) is 0 Å². The van der Waals surface area contributed by atoms with Crippen molar-refractivity contribution >= 4 is 10.1 Å². The number of rotatable bonds is 4. The molecule has 4 heteroatoms. The normalized spacial score (nSPS) is 11.3. The number of hydrogen-bond acceptors (Lipinski definition) is 2. The lowest BCUT2D eigenvalue weighted by atomic mass is 9.93. The zero-order valence-corrected chi connectivity index (χ0v) is 15.8. The van der Waals surface area contributed by atoms with E-state index < -0.39 is 10.1 Å². The van der Waals surface area contributed by atoms with Crippen LogP contribution in [0.5, 0.6) is 0 Å². The lowest BCUT2D eigenvalue weighted by Crippen LogP contribution is -1.97. The summed E-state index contributed by atoms with van der Waals surface area (Å²) in [5.74, 6) is 0. The average Bonchev–Trinajstić information content (AvgIpc) is 2.74. The molecule has 4 rings (SSSR count). The molecule has 0 bridgehead atoms. The van der Waals surface area contributed by atoms with E-state index in [9.17, 15) is 13.0 Å². The average molecular weight is 386 g/mol. The smallest absolute Gasteiger partial charge is 0.282 e. The topological polar surface area (TPSA) is 54.4 Å². The Labute approximate surface area is 164 Å². The molecule has 0 saturated heterocycles. The van der Waals surface area contributed by atoms with Crippen LogP contribution in [-0.4, -0.2) is 13.0 Å². The predicted octanol–water partition coefficient (Wildman–Crippen LogP) is 5.93. The van der Waals surface area contributed by atoms with Crippen LogP contribution in [0.4, 0.5) is 0 Å². The van der Waals surface area contributed by atoms with E-state index in [0.29, 0.717) is 0 Å². The highest BCUT2D eigenvalue weighted by Crippen LogP contribution is 2.33. The molecule has 0 fully saturated rings. The lowest BCUT2D eigenvalue weighted by Gasteiger charge is -2.11. The van der Waals surface area contributed by atoms with E-state index in [4.69, 9.17) is 0 Å². The fourth-order valence-electron chi connectivity index (χ4n) is 3.21. The van der Waals surface area contributed by atoms with Gasteiger partial charge in [0.05, 0.1) is 4.90 Å². The highest BCUT2D eigenvalue weighted by atomic mass is 32.2. The van der Waals surface area contributed by atoms with Gasteiger partial charge >= 0.3 is 0 Å². The van der Waals surface area contributed by atoms with E-state index in [0.717, 1.165) is 33.4 Å². The summed E-state index contributed by atoms with van der Waals surface area (Å²) < 4.78 is 31.8. The second-order valence-corrected chi connectivity index (χ2v) is 7.95. The fourth-order valence-corrected chi connectivity index (χ4v) is 3.69. The maximum atomic E-state index is 11.3. The summed E-state index contributed by atoms with van der Waals surface area (Å²) in [7, 11) is -4.20. The highest BCUT2D eigenvalue weighted by Gasteiger charge is 2.11. The molecule has 0 saturated carbocycles. The van der Waals surface area contributed by atoms with E-state index >= 15 is 0 Å². The highest BCUT2D eigenvalue weighted by molar-refractivity contribution is 7.85. The van der Waals surface area contributed by atoms with Crippen LogP contribution in [-0.2, 0) is 10.1 Å². The number of benzene rings is 4. The van der Waals surface area contributed by atoms with Crippen molar-refractivity contribution in [3.05, 3.63) is 103 Å². The molecule has 0 aliphatic heterocycles. The first kappa shape index (κ1) is 18.2. The van der Waals surface area contributed by atoms with Gasteiger partial charge in [0.2, 0.25) is 0 Å². The zero-order chi connectivity index (χ0) is 19.6. The summed E-state index contributed by atoms with van der Waals surface area (Å²) in [6.07, 6.45) is 0. The standard InChI is InChI=1S/C24H18O3S/c25-28(26,27)24-13-11-20(12-14-24)23-16-21(18-7-3-1-4-8-18)15-22(17-23)19-9-5-2-6-10-19/h1-17H,(H,25,26,27). The molecule has 0 spiro atoms. The van der Waals surface area contributed by atoms with Gasteiger partial charge in [-0.25, -0.2) is 0 Å². The van der Waals surface area contributed by atoms with Crippen LogP contribution in [0.2, 0.25) is 0 Å². The minimum Gasteiger partial charge on any atom is -0.282 e. The van der Waals surface area contributed by atoms with Crippen LogP contribution < -0.4 is 0 Å². The van der Waals surface area contributed by atoms with Crippen molar-refractivity contribution in [1.29, 1.82) is 0 Å². The van der Waals surface area contributed by atoms with E-state index in [1.54, 1.807) is 12.1 Å². The first-order valence-corrected chi connectivity index (χ1v) is 10.3. The first-order valence-electron chi connectivity index (χ1n) is 8.84. The third-order valence-electron chi connectivity index (χ3n) is 4.63. The molecule has 0 atom stereocenters. The van der Waals surface area contributed by atoms with E-state index in [2.05, 4.69) is 42.5 Å². The largest absolute Gasteiger partial charge is 0.294 e. The van der Waals surface area contributed by atoms with Crippen LogP contribution in [0, 0.1) is 0 Å². The van der Waals surface area contributed by atoms with Crippen molar-refractivity contribution in [2.45, 2.75) is 4.90 Å². The van der Waals surface area contributed by atoms with Gasteiger partial charge in [-0.2, -0.15) is 8.42 Å². The summed E-state index contributed by atoms with van der Waals surface area (Å²) in [6, 6.07) is 32.8. The molecular formula is C24H18O3S. The first-order chi connectivity index (χ1) is 13.5. The van der Waals surface area contributed by atoms with Crippen LogP contribution in [0.25, 0.3) is 33.4 Å². The molecular weight excluding hydrogens is 368 g/mol. The van der Waals surface area contributed by atoms with Crippen LogP contribution in [0.3, 0.4) is 0 Å². The van der Waals surface area contributed by atoms with Crippen molar-refractivity contribution in [2.24, 2.45) is 0 Å². The molecule has 0 amide bonds. The Balaban J connectivity index is 1.87. The molecule has 28 heavy (non-hydrogen) atoms. The molecule has 0 aliphatic rings. The molecule has 0 aliphatic carbocycles. The van der Waals surface area contributed by atoms with Crippen molar-refractivity contribution in [2.75, 3.05) is 0 Å². The fraction of sp³-hybridized carbons (Fsp3) is 0. The Morgan fingerprint density at radius 1 is 0.464 bits per heavy atom. The maximum absolute atomic E-state index is 11.3. The van der Waals surface area contributed by atoms with E-state index in [-0.39, 0.29) is 4.90 Å². The van der Waals surface area contributed by atoms with E-state index in [1.165, 1.54) is 12.1 Å². The molecule has 0 heterocycles. The third-order valence-corrected chi connectivity index (χ3v) is 5.50. The second kappa shape index (κ2) is 7.43. The van der Waals surface area contributed by atoms with Gasteiger partial charge in [0.25, 0.3) is 10.1 Å². The van der Waals surface area contributed by atoms with E-state index in [1.807, 2.05) is 36.4 Å². The molecule has 4 aromatic carbocycles. The summed E-state index contributed by atoms with van der Waals surface area (Å²) in [6.45, 7) is 0. The molecule has 138 valence electrons. The Morgan fingerprint density at radius 3 is 1.18 bits per heavy atom. The molecule has 0 unspecified atom stereocenters. The van der Waals surface area contributed by atoms with Crippen LogP contribution in [0.15, 0.2) is 108 Å². The van der Waals surface area contributed by atoms with Gasteiger partial charge < -0.3 is 0 Å². The van der Waals surface area contributed by atoms with Gasteiger partial charge in [0.1, 0.15) is 0 Å². The minimum absolute atomic E-state index is 0.112. The van der Waals surface area contributed by atoms with Gasteiger partial charge in [-0.3, -0.25) is 4.55 Å². The SMILES string of the molecule is O=S(=O)(O)c1ccc(-c2cc(-c3ccccc3)cc(-c3ccccc3)c2)cc1. The summed E-state index contributed by atoms with van der Waals surface area (Å²) >= 11 is 0. The van der Waals surface area contributed by atoms with Gasteiger partial charge in [-0.15, -0.1) is 0 Å². The second-order valence-electron chi connectivity index (χ2n) is 6.53. The summed E-state index contributed by atoms with van der Waals surface area (Å²) in [4.78, 5) is -0.112. The molecule has 0 radical (unpaired) electrons. The van der Waals surface area contributed by atoms with Crippen molar-refractivity contribution in [1.82, 2.24) is 0 Å². The lowest BCUT2D eigenvalue weighted by molar-refractivity contribution is 0.483. The Morgan fingerprint density at radius 2 is 0.821 bits per heavy atom. The van der Waals surface area contributed by atoms with Crippen LogP contribution >= 0.6 is 0 Å². The quantitative estimate of drug-likeness (QED) is 0.442. The Hall–Kier alpha value is -3.21. The Bertz CT molecular complexity index is 1140. The monoisotopic (exact) mass is 386 g/mol. The Kier molecular flexibility index (Phi) is 4.82. The van der Waals surface area contributed by atoms with Gasteiger partial charge in [0.15, 0.2) is 0 Å². The van der Waals surface area contributed by atoms with Crippen molar-refractivity contribution in [3.8, 4) is 33.4 Å². The molecule has 0 aromatic heterocycles. The van der Waals surface area contributed by atoms with Gasteiger partial charge in [-0.1, -0.05) is 72.8 Å². The summed E-state index contributed by atoms with van der Waals surface area (Å²) in [5, 5.41) is 0. The predicted molar refractivity (Wildman–Crippen MR) is 113 cm³/mol. The minimum atomic E-state index is -4.20. The summed E-state index contributed by atoms with van der Waals surface area (Å²) in [5.41, 5.74) is 6.23. The van der Waals surface area contributed by atoms with Crippen LogP contribution in [0.1, 0.15) is 0 Å². The number of hydrogen-bond donors (Lipinski definition) is 1. The molecule has 3 nitrogen and oxygen atoms in total. The molecule has 4 aromatic rings. The van der Waals surface area contributed by atoms with Crippen molar-refractivity contribution < 1.29 is 13.0 Å².